The molecule has 0 aromatic carbocycles. The number of rotatable bonds is 8. The van der Waals surface area contributed by atoms with Crippen LogP contribution in [0.3, 0.4) is 0 Å². The van der Waals surface area contributed by atoms with Gasteiger partial charge in [-0.2, -0.15) is 0 Å². The second-order valence-corrected chi connectivity index (χ2v) is 3.98. The van der Waals surface area contributed by atoms with Gasteiger partial charge in [0, 0.05) is 18.9 Å². The number of methoxy groups -OCH3 is 1. The number of pyridine rings is 1. The topological polar surface area (TPSA) is 107 Å². The molecular formula is C13H18N2O6. The zero-order valence-corrected chi connectivity index (χ0v) is 12.1. The van der Waals surface area contributed by atoms with Gasteiger partial charge in [-0.1, -0.05) is 0 Å². The number of aromatic nitrogens is 1. The number of nitrogens with one attached hydrogen (secondary N) is 1. The van der Waals surface area contributed by atoms with E-state index >= 15 is 0 Å². The molecule has 116 valence electrons. The molecule has 0 radical (unpaired) electrons. The summed E-state index contributed by atoms with van der Waals surface area (Å²) >= 11 is 0. The lowest BCUT2D eigenvalue weighted by Gasteiger charge is -2.15. The molecule has 0 spiro atoms. The van der Waals surface area contributed by atoms with Gasteiger partial charge in [-0.05, 0) is 13.8 Å². The maximum atomic E-state index is 12.1. The van der Waals surface area contributed by atoms with Crippen LogP contribution in [-0.4, -0.2) is 48.5 Å². The van der Waals surface area contributed by atoms with Crippen molar-refractivity contribution in [1.29, 1.82) is 0 Å². The normalized spacial score (nSPS) is 11.6. The Labute approximate surface area is 122 Å². The Morgan fingerprint density at radius 1 is 1.48 bits per heavy atom. The Morgan fingerprint density at radius 2 is 2.19 bits per heavy atom. The molecule has 8 nitrogen and oxygen atoms in total. The molecule has 2 N–H and O–H groups in total. The number of hydrogen-bond acceptors (Lipinski definition) is 6. The third kappa shape index (κ3) is 4.60. The fraction of sp³-hybridized carbons (Fsp3) is 0.462. The zero-order valence-electron chi connectivity index (χ0n) is 12.1. The quantitative estimate of drug-likeness (QED) is 0.536. The zero-order chi connectivity index (χ0) is 15.8. The van der Waals surface area contributed by atoms with Crippen LogP contribution in [0.25, 0.3) is 0 Å². The first-order valence-corrected chi connectivity index (χ1v) is 6.28. The molecule has 0 fully saturated rings. The number of amides is 1. The molecule has 0 saturated heterocycles. The molecule has 0 bridgehead atoms. The molecule has 21 heavy (non-hydrogen) atoms. The van der Waals surface area contributed by atoms with Crippen molar-refractivity contribution in [2.75, 3.05) is 20.5 Å². The summed E-state index contributed by atoms with van der Waals surface area (Å²) in [5.74, 6) is -1.42. The fourth-order valence-electron chi connectivity index (χ4n) is 1.40. The number of carboxylic acid groups (broad SMARTS) is 1. The Hall–Kier alpha value is -2.35. The highest BCUT2D eigenvalue weighted by molar-refractivity contribution is 5.97. The van der Waals surface area contributed by atoms with Gasteiger partial charge >= 0.3 is 5.97 Å². The molecule has 1 heterocycles. The van der Waals surface area contributed by atoms with Crippen molar-refractivity contribution in [1.82, 2.24) is 10.3 Å². The number of aliphatic carboxylic acids is 1. The number of carbonyl (C=O) groups is 2. The third-order valence-electron chi connectivity index (χ3n) is 2.51. The fourth-order valence-corrected chi connectivity index (χ4v) is 1.40. The van der Waals surface area contributed by atoms with Crippen LogP contribution in [0.15, 0.2) is 12.3 Å². The Bertz CT molecular complexity index is 505. The smallest absolute Gasteiger partial charge is 0.325 e. The molecule has 1 unspecified atom stereocenters. The molecule has 0 saturated carbocycles. The second-order valence-electron chi connectivity index (χ2n) is 3.98. The molecule has 0 aliphatic carbocycles. The number of carboxylic acids is 1. The van der Waals surface area contributed by atoms with Crippen molar-refractivity contribution in [2.45, 2.75) is 19.9 Å². The first kappa shape index (κ1) is 16.7. The highest BCUT2D eigenvalue weighted by atomic mass is 16.7. The van der Waals surface area contributed by atoms with Gasteiger partial charge in [0.05, 0.1) is 7.11 Å². The minimum absolute atomic E-state index is 0.0675. The number of carbonyl (C=O) groups excluding carboxylic acids is 1. The molecule has 8 heteroatoms. The first-order valence-electron chi connectivity index (χ1n) is 6.28. The maximum Gasteiger partial charge on any atom is 0.325 e. The van der Waals surface area contributed by atoms with E-state index in [1.54, 1.807) is 6.92 Å². The molecule has 1 atom stereocenters. The first-order chi connectivity index (χ1) is 10.0. The summed E-state index contributed by atoms with van der Waals surface area (Å²) in [5, 5.41) is 11.1. The maximum absolute atomic E-state index is 12.1. The van der Waals surface area contributed by atoms with Gasteiger partial charge in [0.1, 0.15) is 6.04 Å². The number of ether oxygens (including phenoxy) is 3. The predicted octanol–water partition coefficient (Wildman–Crippen LogP) is 0.666. The molecule has 1 aromatic rings. The monoisotopic (exact) mass is 298 g/mol. The molecule has 0 aliphatic rings. The van der Waals surface area contributed by atoms with E-state index in [0.29, 0.717) is 12.4 Å². The lowest BCUT2D eigenvalue weighted by molar-refractivity contribution is -0.138. The van der Waals surface area contributed by atoms with Crippen molar-refractivity contribution < 1.29 is 28.9 Å². The van der Waals surface area contributed by atoms with Crippen LogP contribution in [0.4, 0.5) is 0 Å². The summed E-state index contributed by atoms with van der Waals surface area (Å²) in [6.07, 6.45) is 1.37. The van der Waals surface area contributed by atoms with Crippen LogP contribution in [0.2, 0.25) is 0 Å². The van der Waals surface area contributed by atoms with Gasteiger partial charge in [-0.15, -0.1) is 0 Å². The van der Waals surface area contributed by atoms with E-state index in [2.05, 4.69) is 10.3 Å². The summed E-state index contributed by atoms with van der Waals surface area (Å²) in [4.78, 5) is 26.8. The molecular weight excluding hydrogens is 280 g/mol. The van der Waals surface area contributed by atoms with Gasteiger partial charge in [0.25, 0.3) is 5.91 Å². The predicted molar refractivity (Wildman–Crippen MR) is 72.5 cm³/mol. The highest BCUT2D eigenvalue weighted by Crippen LogP contribution is 2.29. The van der Waals surface area contributed by atoms with Gasteiger partial charge in [0.2, 0.25) is 0 Å². The van der Waals surface area contributed by atoms with E-state index < -0.39 is 17.9 Å². The van der Waals surface area contributed by atoms with Crippen molar-refractivity contribution in [3.63, 3.8) is 0 Å². The summed E-state index contributed by atoms with van der Waals surface area (Å²) in [6, 6.07) is 0.476. The van der Waals surface area contributed by atoms with Crippen molar-refractivity contribution in [2.24, 2.45) is 0 Å². The van der Waals surface area contributed by atoms with E-state index in [1.807, 2.05) is 0 Å². The van der Waals surface area contributed by atoms with Crippen molar-refractivity contribution >= 4 is 11.9 Å². The summed E-state index contributed by atoms with van der Waals surface area (Å²) in [6.45, 7) is 3.51. The van der Waals surface area contributed by atoms with Crippen molar-refractivity contribution in [3.8, 4) is 11.5 Å². The summed E-state index contributed by atoms with van der Waals surface area (Å²) in [7, 11) is 1.42. The summed E-state index contributed by atoms with van der Waals surface area (Å²) < 4.78 is 15.5. The van der Waals surface area contributed by atoms with Crippen LogP contribution in [0, 0.1) is 0 Å². The Balaban J connectivity index is 2.98. The second kappa shape index (κ2) is 8.05. The van der Waals surface area contributed by atoms with Crippen molar-refractivity contribution in [3.05, 3.63) is 18.0 Å². The average Bonchev–Trinajstić information content (AvgIpc) is 2.47. The number of hydrogen-bond donors (Lipinski definition) is 2. The van der Waals surface area contributed by atoms with Crippen LogP contribution >= 0.6 is 0 Å². The van der Waals surface area contributed by atoms with Crippen LogP contribution in [-0.2, 0) is 9.53 Å². The van der Waals surface area contributed by atoms with Gasteiger partial charge in [0.15, 0.2) is 24.0 Å². The Kier molecular flexibility index (Phi) is 6.41. The van der Waals surface area contributed by atoms with E-state index in [-0.39, 0.29) is 18.2 Å². The molecule has 0 aliphatic heterocycles. The van der Waals surface area contributed by atoms with Gasteiger partial charge < -0.3 is 24.6 Å². The number of nitrogens with zero attached hydrogens (tertiary/aromatic N) is 1. The van der Waals surface area contributed by atoms with E-state index in [4.69, 9.17) is 19.3 Å². The summed E-state index contributed by atoms with van der Waals surface area (Å²) in [5.41, 5.74) is -0.0675. The van der Waals surface area contributed by atoms with Crippen LogP contribution in [0.5, 0.6) is 11.5 Å². The van der Waals surface area contributed by atoms with Crippen LogP contribution < -0.4 is 14.8 Å². The third-order valence-corrected chi connectivity index (χ3v) is 2.51. The Morgan fingerprint density at radius 3 is 2.76 bits per heavy atom. The van der Waals surface area contributed by atoms with Gasteiger partial charge in [-0.3, -0.25) is 9.59 Å². The van der Waals surface area contributed by atoms with E-state index in [9.17, 15) is 9.59 Å². The van der Waals surface area contributed by atoms with E-state index in [1.165, 1.54) is 26.3 Å². The lowest BCUT2D eigenvalue weighted by Crippen LogP contribution is -2.38. The van der Waals surface area contributed by atoms with Gasteiger partial charge in [-0.25, -0.2) is 4.98 Å². The molecule has 1 amide bonds. The minimum atomic E-state index is -1.15. The molecule has 1 rings (SSSR count). The van der Waals surface area contributed by atoms with Crippen LogP contribution in [0.1, 0.15) is 24.3 Å². The minimum Gasteiger partial charge on any atom is -0.493 e. The SMILES string of the molecule is CCOCOc1c(OC)ccnc1C(=O)NC(C)C(=O)O. The standard InChI is InChI=1S/C13H18N2O6/c1-4-20-7-21-11-9(19-3)5-6-14-10(11)12(16)15-8(2)13(17)18/h5-6,8H,4,7H2,1-3H3,(H,15,16)(H,17,18). The highest BCUT2D eigenvalue weighted by Gasteiger charge is 2.22. The largest absolute Gasteiger partial charge is 0.493 e. The lowest BCUT2D eigenvalue weighted by atomic mass is 10.2. The van der Waals surface area contributed by atoms with E-state index in [0.717, 1.165) is 0 Å². The average molecular weight is 298 g/mol. The molecule has 1 aromatic heterocycles.